The molecule has 0 aliphatic carbocycles. The molecule has 1 fully saturated rings. The molecule has 0 spiro atoms. The van der Waals surface area contributed by atoms with Gasteiger partial charge in [0, 0.05) is 124 Å². The molecule has 19 heteroatoms. The van der Waals surface area contributed by atoms with Gasteiger partial charge < -0.3 is 39.2 Å². The summed E-state index contributed by atoms with van der Waals surface area (Å²) in [6.07, 6.45) is 10.2. The van der Waals surface area contributed by atoms with Gasteiger partial charge in [0.25, 0.3) is 5.91 Å². The number of hydrogen-bond donors (Lipinski definition) is 2. The predicted octanol–water partition coefficient (Wildman–Crippen LogP) is 8.92. The Morgan fingerprint density at radius 2 is 1.40 bits per heavy atom. The number of para-hydroxylation sites is 2. The number of carbonyl (C=O) groups is 8. The summed E-state index contributed by atoms with van der Waals surface area (Å²) in [5, 5.41) is 5.39. The number of ether oxygens (including phenoxy) is 3. The number of fused-ring (bicyclic) bond motifs is 8. The van der Waals surface area contributed by atoms with Gasteiger partial charge in [0.05, 0.1) is 24.1 Å². The number of thioether (sulfide) groups is 1. The van der Waals surface area contributed by atoms with Gasteiger partial charge in [0.15, 0.2) is 11.5 Å². The third kappa shape index (κ3) is 13.4. The van der Waals surface area contributed by atoms with Gasteiger partial charge in [-0.05, 0) is 153 Å². The number of hydrogen-bond acceptors (Lipinski definition) is 12. The number of benzene rings is 5. The van der Waals surface area contributed by atoms with Crippen molar-refractivity contribution in [3.63, 3.8) is 0 Å². The molecular weight excluding hydrogens is 1160 g/mol. The second kappa shape index (κ2) is 26.9. The molecule has 1 unspecified atom stereocenters. The molecule has 5 atom stereocenters. The number of rotatable bonds is 23. The number of likely N-dealkylation sites (tertiary alicyclic amines) is 1. The molecule has 0 saturated carbocycles. The number of nitrogens with zero attached hydrogens (tertiary/aromatic N) is 4. The summed E-state index contributed by atoms with van der Waals surface area (Å²) < 4.78 is 20.7. The smallest absolute Gasteiger partial charge is 0.258 e. The predicted molar refractivity (Wildman–Crippen MR) is 316 cm³/mol. The zero-order chi connectivity index (χ0) is 58.6. The first kappa shape index (κ1) is 61.5. The Hall–Kier alpha value is -7.02. The van der Waals surface area contributed by atoms with E-state index in [1.54, 1.807) is 49.3 Å². The Morgan fingerprint density at radius 3 is 2.11 bits per heavy atom. The normalized spacial score (nSPS) is 18.1. The Morgan fingerprint density at radius 1 is 0.750 bits per heavy atom. The fourth-order valence-corrected chi connectivity index (χ4v) is 12.6. The molecule has 5 aliphatic heterocycles. The minimum atomic E-state index is -0.860. The maximum atomic E-state index is 14.3. The maximum absolute atomic E-state index is 14.3. The molecule has 84 heavy (non-hydrogen) atoms. The second-order valence-corrected chi connectivity index (χ2v) is 23.4. The van der Waals surface area contributed by atoms with Crippen LogP contribution in [0, 0.1) is 12.8 Å². The van der Waals surface area contributed by atoms with Crippen molar-refractivity contribution >= 4 is 87.7 Å². The van der Waals surface area contributed by atoms with Crippen LogP contribution in [0.4, 0.5) is 22.7 Å². The first-order valence-corrected chi connectivity index (χ1v) is 29.9. The minimum absolute atomic E-state index is 0. The summed E-state index contributed by atoms with van der Waals surface area (Å²) in [7, 11) is 3.38. The zero-order valence-corrected chi connectivity index (χ0v) is 52.1. The number of methoxy groups -OCH3 is 1. The molecule has 0 bridgehead atoms. The van der Waals surface area contributed by atoms with Crippen LogP contribution in [-0.2, 0) is 94.0 Å². The largest absolute Gasteiger partial charge is 0.493 e. The van der Waals surface area contributed by atoms with Crippen molar-refractivity contribution in [2.45, 2.75) is 134 Å². The van der Waals surface area contributed by atoms with Crippen molar-refractivity contribution in [2.75, 3.05) is 42.1 Å². The third-order valence-electron chi connectivity index (χ3n) is 16.4. The SMILES string of the molecule is COc1cc2c(cc1OCc1cc(COc3cc4c(cc3C)C(=O)N3c5ccccc5C[C@H]3CC4)cc(NC(=O)[C@H](C)CC(=O)[C@H](C)NC(=O)CCCCC(=O)CCCN3C(=O)CC(SC)C3=O)c1)[N+](C)=[C-][C@@H]1Cc3ccccc3N1C2=O.[Y]. The van der Waals surface area contributed by atoms with E-state index in [1.165, 1.54) is 29.3 Å². The number of amides is 6. The Kier molecular flexibility index (Phi) is 19.7. The number of unbranched alkanes of at least 4 members (excludes halogenated alkanes) is 1. The van der Waals surface area contributed by atoms with E-state index in [9.17, 15) is 38.4 Å². The van der Waals surface area contributed by atoms with Gasteiger partial charge in [-0.2, -0.15) is 11.8 Å². The van der Waals surface area contributed by atoms with E-state index in [2.05, 4.69) is 22.9 Å². The van der Waals surface area contributed by atoms with Gasteiger partial charge in [0.2, 0.25) is 29.5 Å². The minimum Gasteiger partial charge on any atom is -0.493 e. The van der Waals surface area contributed by atoms with Crippen LogP contribution in [0.3, 0.4) is 0 Å². The number of nitrogens with one attached hydrogen (secondary N) is 2. The van der Waals surface area contributed by atoms with E-state index in [1.807, 2.05) is 84.1 Å². The molecule has 17 nitrogen and oxygen atoms in total. The number of Topliss-reactive ketones (excluding diaryl/α,β-unsaturated/α-hetero) is 2. The fraction of sp³-hybridized carbons (Fsp3) is 0.400. The van der Waals surface area contributed by atoms with Gasteiger partial charge in [0.1, 0.15) is 37.5 Å². The standard InChI is InChI=1S/C65H70N6O11S.Y/c1-38-24-50-43(21-22-47-29-44-14-7-10-18-52(44)70(47)63(50)77)31-56(38)81-36-41-26-42(37-82-58-33-54-51(32-57(58)80-5)64(78)71-48(35-68(54)4)30-45-15-8-11-19-53(45)71)28-46(27-41)67-62(76)39(2)25-55(73)40(3)66-60(74)20-12-9-16-49(72)17-13-23-69-61(75)34-59(83-6)65(69)79;/h7-8,10-11,14-15,18-19,24,26-28,31-33,39-40,47-48,59H,9,12-13,16-17,20-23,25,29-30,34,36-37H2,1-6H3,(H,66,74)(H,67,76);/t39-,40+,47-,48+,59?;/m1./s1. The summed E-state index contributed by atoms with van der Waals surface area (Å²) >= 11 is 1.35. The van der Waals surface area contributed by atoms with Crippen LogP contribution in [0.15, 0.2) is 91.0 Å². The summed E-state index contributed by atoms with van der Waals surface area (Å²) in [5.41, 5.74) is 9.31. The maximum Gasteiger partial charge on any atom is 0.258 e. The van der Waals surface area contributed by atoms with Crippen molar-refractivity contribution in [1.29, 1.82) is 0 Å². The van der Waals surface area contributed by atoms with Crippen LogP contribution in [-0.4, -0.2) is 113 Å². The second-order valence-electron chi connectivity index (χ2n) is 22.3. The van der Waals surface area contributed by atoms with E-state index in [4.69, 9.17) is 14.2 Å². The summed E-state index contributed by atoms with van der Waals surface area (Å²) in [6.45, 7) is 5.50. The summed E-state index contributed by atoms with van der Waals surface area (Å²) in [4.78, 5) is 111. The molecular formula is C65H70N6O11SY. The van der Waals surface area contributed by atoms with Gasteiger partial charge in [-0.1, -0.05) is 43.3 Å². The van der Waals surface area contributed by atoms with Gasteiger partial charge in [-0.15, -0.1) is 0 Å². The Bertz CT molecular complexity index is 3480. The van der Waals surface area contributed by atoms with Crippen molar-refractivity contribution in [3.8, 4) is 17.2 Å². The first-order valence-electron chi connectivity index (χ1n) is 28.6. The average Bonchev–Trinajstić information content (AvgIpc) is 2.14. The van der Waals surface area contributed by atoms with E-state index < -0.39 is 17.9 Å². The molecule has 5 heterocycles. The van der Waals surface area contributed by atoms with Crippen LogP contribution >= 0.6 is 11.8 Å². The number of anilines is 3. The Labute approximate surface area is 519 Å². The van der Waals surface area contributed by atoms with E-state index in [-0.39, 0.29) is 143 Å². The summed E-state index contributed by atoms with van der Waals surface area (Å²) in [6, 6.07) is 27.8. The van der Waals surface area contributed by atoms with Crippen LogP contribution in [0.2, 0.25) is 0 Å². The third-order valence-corrected chi connectivity index (χ3v) is 17.4. The molecule has 1 saturated heterocycles. The fourth-order valence-electron chi connectivity index (χ4n) is 11.9. The zero-order valence-electron chi connectivity index (χ0n) is 48.4. The van der Waals surface area contributed by atoms with Crippen LogP contribution in [0.1, 0.15) is 126 Å². The van der Waals surface area contributed by atoms with Gasteiger partial charge in [-0.25, -0.2) is 0 Å². The number of carbonyl (C=O) groups excluding carboxylic acids is 8. The van der Waals surface area contributed by atoms with Gasteiger partial charge >= 0.3 is 0 Å². The number of ketones is 2. The average molecular weight is 1230 g/mol. The van der Waals surface area contributed by atoms with E-state index >= 15 is 0 Å². The van der Waals surface area contributed by atoms with Crippen LogP contribution in [0.25, 0.3) is 0 Å². The molecule has 5 aromatic carbocycles. The molecule has 6 amide bonds. The van der Waals surface area contributed by atoms with Crippen LogP contribution in [0.5, 0.6) is 17.2 Å². The van der Waals surface area contributed by atoms with E-state index in [0.29, 0.717) is 83.0 Å². The topological polar surface area (TPSA) is 201 Å². The van der Waals surface area contributed by atoms with Crippen molar-refractivity contribution in [1.82, 2.24) is 10.2 Å². The van der Waals surface area contributed by atoms with Crippen molar-refractivity contribution < 1.29 is 89.9 Å². The molecule has 10 rings (SSSR count). The quantitative estimate of drug-likeness (QED) is 0.0273. The molecule has 0 aromatic heterocycles. The summed E-state index contributed by atoms with van der Waals surface area (Å²) in [5.74, 6) is -1.09. The van der Waals surface area contributed by atoms with Gasteiger partial charge in [-0.3, -0.25) is 43.3 Å². The van der Waals surface area contributed by atoms with Crippen LogP contribution < -0.4 is 34.6 Å². The molecule has 435 valence electrons. The Balaban J connectivity index is 0.00000846. The van der Waals surface area contributed by atoms with E-state index in [0.717, 1.165) is 40.9 Å². The molecule has 2 N–H and O–H groups in total. The first-order chi connectivity index (χ1) is 40.0. The van der Waals surface area contributed by atoms with Crippen molar-refractivity contribution in [3.05, 3.63) is 136 Å². The molecule has 5 aromatic rings. The monoisotopic (exact) mass is 1230 g/mol. The number of aryl methyl sites for hydroxylation is 2. The number of imide groups is 1. The molecule has 1 radical (unpaired) electrons. The van der Waals surface area contributed by atoms with Crippen molar-refractivity contribution in [2.24, 2.45) is 5.92 Å². The molecule has 5 aliphatic rings.